The Kier molecular flexibility index (Phi) is 7.36. The second-order valence-electron chi connectivity index (χ2n) is 11.0. The van der Waals surface area contributed by atoms with Gasteiger partial charge in [-0.15, -0.1) is 0 Å². The van der Waals surface area contributed by atoms with Crippen molar-refractivity contribution in [3.63, 3.8) is 0 Å². The molecular formula is C27H31F4N3O3. The average Bonchev–Trinajstić information content (AvgIpc) is 3.28. The lowest BCUT2D eigenvalue weighted by atomic mass is 9.62. The molecule has 6 nitrogen and oxygen atoms in total. The molecule has 0 unspecified atom stereocenters. The monoisotopic (exact) mass is 521 g/mol. The summed E-state index contributed by atoms with van der Waals surface area (Å²) in [5.41, 5.74) is -1.58. The molecule has 2 aromatic rings. The van der Waals surface area contributed by atoms with E-state index in [1.165, 1.54) is 6.07 Å². The van der Waals surface area contributed by atoms with Gasteiger partial charge in [0, 0.05) is 36.9 Å². The minimum Gasteiger partial charge on any atom is -0.396 e. The topological polar surface area (TPSA) is 90.5 Å². The molecule has 1 saturated heterocycles. The number of hydrogen-bond acceptors (Lipinski definition) is 4. The quantitative estimate of drug-likeness (QED) is 0.329. The maximum atomic E-state index is 14.6. The highest BCUT2D eigenvalue weighted by molar-refractivity contribution is 6.09. The predicted octanol–water partition coefficient (Wildman–Crippen LogP) is 3.88. The number of carbonyl (C=O) groups is 2. The van der Waals surface area contributed by atoms with E-state index in [1.54, 1.807) is 0 Å². The van der Waals surface area contributed by atoms with Crippen LogP contribution in [-0.2, 0) is 15.0 Å². The van der Waals surface area contributed by atoms with E-state index in [2.05, 4.69) is 16.0 Å². The number of aliphatic hydroxyl groups excluding tert-OH is 1. The number of anilines is 1. The smallest absolute Gasteiger partial charge is 0.237 e. The van der Waals surface area contributed by atoms with Crippen molar-refractivity contribution < 1.29 is 32.3 Å². The van der Waals surface area contributed by atoms with Gasteiger partial charge in [0.15, 0.2) is 23.3 Å². The van der Waals surface area contributed by atoms with E-state index < -0.39 is 58.5 Å². The molecule has 1 fully saturated rings. The van der Waals surface area contributed by atoms with Gasteiger partial charge in [-0.05, 0) is 54.0 Å². The van der Waals surface area contributed by atoms with E-state index in [1.807, 2.05) is 20.8 Å². The fourth-order valence-corrected chi connectivity index (χ4v) is 5.70. The molecule has 2 aliphatic rings. The molecule has 2 amide bonds. The Morgan fingerprint density at radius 3 is 2.35 bits per heavy atom. The molecule has 37 heavy (non-hydrogen) atoms. The van der Waals surface area contributed by atoms with Crippen molar-refractivity contribution >= 4 is 17.5 Å². The lowest BCUT2D eigenvalue weighted by molar-refractivity contribution is -0.123. The Morgan fingerprint density at radius 2 is 1.70 bits per heavy atom. The van der Waals surface area contributed by atoms with Gasteiger partial charge in [0.05, 0.1) is 6.04 Å². The fraction of sp³-hybridized carbons (Fsp3) is 0.481. The maximum Gasteiger partial charge on any atom is 0.237 e. The molecule has 200 valence electrons. The van der Waals surface area contributed by atoms with Crippen molar-refractivity contribution in [2.75, 3.05) is 18.5 Å². The molecule has 2 aromatic carbocycles. The van der Waals surface area contributed by atoms with E-state index in [0.717, 1.165) is 24.3 Å². The average molecular weight is 522 g/mol. The zero-order valence-corrected chi connectivity index (χ0v) is 20.9. The summed E-state index contributed by atoms with van der Waals surface area (Å²) in [6.45, 7) is 6.04. The molecule has 1 spiro atoms. The number of hydrogen-bond donors (Lipinski definition) is 4. The van der Waals surface area contributed by atoms with Crippen LogP contribution in [0.5, 0.6) is 0 Å². The predicted molar refractivity (Wildman–Crippen MR) is 130 cm³/mol. The lowest BCUT2D eigenvalue weighted by Crippen LogP contribution is -2.49. The standard InChI is InChI=1S/C27H31F4N3O3/c1-26(2,3)13-21-27(15-11-18(30)19(31)12-20(15)33-25(27)37)22(14-6-7-16(28)17(29)10-14)23(34-21)24(36)32-8-4-5-9-35/h6-7,10-12,21-23,34-35H,4-5,8-9,13H2,1-3H3,(H,32,36)(H,33,37)/t21-,22+,23-,27+/m1/s1. The number of carbonyl (C=O) groups excluding carboxylic acids is 2. The maximum absolute atomic E-state index is 14.6. The zero-order chi connectivity index (χ0) is 27.1. The van der Waals surface area contributed by atoms with E-state index in [4.69, 9.17) is 5.11 Å². The number of unbranched alkanes of at least 4 members (excludes halogenated alkanes) is 1. The number of fused-ring (bicyclic) bond motifs is 2. The van der Waals surface area contributed by atoms with Gasteiger partial charge in [-0.3, -0.25) is 9.59 Å². The number of nitrogens with one attached hydrogen (secondary N) is 3. The number of rotatable bonds is 7. The fourth-order valence-electron chi connectivity index (χ4n) is 5.70. The van der Waals surface area contributed by atoms with Crippen LogP contribution in [0.3, 0.4) is 0 Å². The second kappa shape index (κ2) is 10.1. The van der Waals surface area contributed by atoms with Crippen LogP contribution in [0.2, 0.25) is 0 Å². The third-order valence-electron chi connectivity index (χ3n) is 7.17. The van der Waals surface area contributed by atoms with Crippen molar-refractivity contribution in [2.24, 2.45) is 5.41 Å². The summed E-state index contributed by atoms with van der Waals surface area (Å²) in [5, 5.41) is 17.7. The van der Waals surface area contributed by atoms with Crippen molar-refractivity contribution in [3.8, 4) is 0 Å². The third kappa shape index (κ3) is 4.84. The van der Waals surface area contributed by atoms with Crippen LogP contribution < -0.4 is 16.0 Å². The normalized spacial score (nSPS) is 24.9. The van der Waals surface area contributed by atoms with Crippen molar-refractivity contribution in [3.05, 3.63) is 64.7 Å². The molecule has 2 heterocycles. The van der Waals surface area contributed by atoms with Crippen LogP contribution >= 0.6 is 0 Å². The molecule has 0 saturated carbocycles. The Balaban J connectivity index is 1.92. The summed E-state index contributed by atoms with van der Waals surface area (Å²) < 4.78 is 57.1. The summed E-state index contributed by atoms with van der Waals surface area (Å²) in [6, 6.07) is 3.22. The van der Waals surface area contributed by atoms with E-state index in [-0.39, 0.29) is 35.4 Å². The highest BCUT2D eigenvalue weighted by Crippen LogP contribution is 2.56. The van der Waals surface area contributed by atoms with Gasteiger partial charge in [0.25, 0.3) is 0 Å². The summed E-state index contributed by atoms with van der Waals surface area (Å²) >= 11 is 0. The van der Waals surface area contributed by atoms with Crippen LogP contribution in [0.25, 0.3) is 0 Å². The Labute approximate surface area is 212 Å². The van der Waals surface area contributed by atoms with Crippen LogP contribution in [0.1, 0.15) is 57.1 Å². The highest BCUT2D eigenvalue weighted by Gasteiger charge is 2.66. The molecule has 10 heteroatoms. The second-order valence-corrected chi connectivity index (χ2v) is 11.0. The number of amides is 2. The lowest BCUT2D eigenvalue weighted by Gasteiger charge is -2.37. The van der Waals surface area contributed by atoms with Crippen molar-refractivity contribution in [1.82, 2.24) is 10.6 Å². The van der Waals surface area contributed by atoms with Crippen LogP contribution in [-0.4, -0.2) is 42.2 Å². The first-order valence-electron chi connectivity index (χ1n) is 12.3. The van der Waals surface area contributed by atoms with Gasteiger partial charge in [0.2, 0.25) is 11.8 Å². The minimum atomic E-state index is -1.62. The van der Waals surface area contributed by atoms with Gasteiger partial charge >= 0.3 is 0 Å². The summed E-state index contributed by atoms with van der Waals surface area (Å²) in [4.78, 5) is 27.3. The number of halogens is 4. The third-order valence-corrected chi connectivity index (χ3v) is 7.17. The Hall–Kier alpha value is -2.98. The first kappa shape index (κ1) is 27.1. The van der Waals surface area contributed by atoms with E-state index >= 15 is 0 Å². The number of benzene rings is 2. The molecule has 0 aromatic heterocycles. The van der Waals surface area contributed by atoms with Gasteiger partial charge < -0.3 is 21.1 Å². The van der Waals surface area contributed by atoms with Crippen LogP contribution in [0, 0.1) is 28.7 Å². The molecule has 4 rings (SSSR count). The summed E-state index contributed by atoms with van der Waals surface area (Å²) in [7, 11) is 0. The van der Waals surface area contributed by atoms with Gasteiger partial charge in [-0.1, -0.05) is 26.8 Å². The van der Waals surface area contributed by atoms with Gasteiger partial charge in [0.1, 0.15) is 5.41 Å². The molecule has 2 aliphatic heterocycles. The largest absolute Gasteiger partial charge is 0.396 e. The SMILES string of the molecule is CC(C)(C)C[C@H]1N[C@@H](C(=O)NCCCCO)[C@H](c2ccc(F)c(F)c2)[C@@]12C(=O)Nc1cc(F)c(F)cc12. The van der Waals surface area contributed by atoms with Crippen molar-refractivity contribution in [2.45, 2.75) is 63.5 Å². The first-order valence-corrected chi connectivity index (χ1v) is 12.3. The van der Waals surface area contributed by atoms with Crippen LogP contribution in [0.15, 0.2) is 30.3 Å². The zero-order valence-electron chi connectivity index (χ0n) is 20.9. The van der Waals surface area contributed by atoms with Gasteiger partial charge in [-0.25, -0.2) is 17.6 Å². The highest BCUT2D eigenvalue weighted by atomic mass is 19.2. The molecule has 4 atom stereocenters. The van der Waals surface area contributed by atoms with Crippen molar-refractivity contribution in [1.29, 1.82) is 0 Å². The van der Waals surface area contributed by atoms with Crippen LogP contribution in [0.4, 0.5) is 23.2 Å². The molecule has 0 radical (unpaired) electrons. The molecule has 0 bridgehead atoms. The molecular weight excluding hydrogens is 490 g/mol. The Morgan fingerprint density at radius 1 is 1.03 bits per heavy atom. The van der Waals surface area contributed by atoms with E-state index in [9.17, 15) is 27.2 Å². The molecule has 4 N–H and O–H groups in total. The minimum absolute atomic E-state index is 0.0368. The van der Waals surface area contributed by atoms with Gasteiger partial charge in [-0.2, -0.15) is 0 Å². The molecule has 0 aliphatic carbocycles. The Bertz CT molecular complexity index is 1220. The first-order chi connectivity index (χ1) is 17.4. The number of aliphatic hydroxyl groups is 1. The summed E-state index contributed by atoms with van der Waals surface area (Å²) in [5.74, 6) is -6.69. The summed E-state index contributed by atoms with van der Waals surface area (Å²) in [6.07, 6.45) is 1.34. The van der Waals surface area contributed by atoms with E-state index in [0.29, 0.717) is 19.3 Å².